The Morgan fingerprint density at radius 1 is 1.18 bits per heavy atom. The molecule has 33 heavy (non-hydrogen) atoms. The van der Waals surface area contributed by atoms with Crippen molar-refractivity contribution in [1.82, 2.24) is 19.4 Å². The molecule has 0 saturated heterocycles. The topological polar surface area (TPSA) is 46.0 Å². The number of hydrogen-bond acceptors (Lipinski definition) is 5. The Morgan fingerprint density at radius 2 is 1.91 bits per heavy atom. The van der Waals surface area contributed by atoms with Gasteiger partial charge in [-0.2, -0.15) is 0 Å². The highest BCUT2D eigenvalue weighted by Gasteiger charge is 2.47. The molecule has 0 amide bonds. The van der Waals surface area contributed by atoms with Crippen molar-refractivity contribution in [1.29, 1.82) is 0 Å². The van der Waals surface area contributed by atoms with Gasteiger partial charge < -0.3 is 9.88 Å². The lowest BCUT2D eigenvalue weighted by molar-refractivity contribution is 0.0720. The number of halogens is 2. The van der Waals surface area contributed by atoms with Crippen molar-refractivity contribution in [2.45, 2.75) is 56.8 Å². The van der Waals surface area contributed by atoms with E-state index in [1.807, 2.05) is 13.3 Å². The zero-order valence-corrected chi connectivity index (χ0v) is 22.9. The molecule has 1 aliphatic heterocycles. The van der Waals surface area contributed by atoms with Gasteiger partial charge in [0.1, 0.15) is 5.82 Å². The summed E-state index contributed by atoms with van der Waals surface area (Å²) in [5.41, 5.74) is 8.29. The lowest BCUT2D eigenvalue weighted by Gasteiger charge is -2.50. The summed E-state index contributed by atoms with van der Waals surface area (Å²) < 4.78 is 3.44. The quantitative estimate of drug-likeness (QED) is 0.309. The van der Waals surface area contributed by atoms with Crippen molar-refractivity contribution >= 4 is 45.1 Å². The normalized spacial score (nSPS) is 20.1. The third kappa shape index (κ3) is 3.54. The van der Waals surface area contributed by atoms with Crippen LogP contribution in [-0.2, 0) is 24.9 Å². The molecule has 1 aromatic carbocycles. The van der Waals surface area contributed by atoms with E-state index in [4.69, 9.17) is 21.6 Å². The van der Waals surface area contributed by atoms with Gasteiger partial charge in [0.2, 0.25) is 0 Å². The van der Waals surface area contributed by atoms with Crippen molar-refractivity contribution in [2.75, 3.05) is 25.7 Å². The first-order valence-corrected chi connectivity index (χ1v) is 13.7. The van der Waals surface area contributed by atoms with Crippen molar-refractivity contribution in [3.8, 4) is 5.69 Å². The van der Waals surface area contributed by atoms with Gasteiger partial charge >= 0.3 is 0 Å². The van der Waals surface area contributed by atoms with E-state index in [1.165, 1.54) is 28.1 Å². The summed E-state index contributed by atoms with van der Waals surface area (Å²) in [5.74, 6) is 0.937. The molecular formula is C25H29BrClN5S. The minimum Gasteiger partial charge on any atom is -0.373 e. The largest absolute Gasteiger partial charge is 0.373 e. The average Bonchev–Trinajstić information content (AvgIpc) is 3.14. The summed E-state index contributed by atoms with van der Waals surface area (Å²) in [6, 6.07) is 6.45. The molecule has 2 aromatic heterocycles. The minimum atomic E-state index is -0.164. The van der Waals surface area contributed by atoms with E-state index in [-0.39, 0.29) is 5.54 Å². The van der Waals surface area contributed by atoms with Crippen LogP contribution in [0.25, 0.3) is 5.69 Å². The lowest BCUT2D eigenvalue weighted by atomic mass is 9.70. The second-order valence-electron chi connectivity index (χ2n) is 9.15. The summed E-state index contributed by atoms with van der Waals surface area (Å²) in [4.78, 5) is 12.2. The van der Waals surface area contributed by atoms with Crippen molar-refractivity contribution in [3.63, 3.8) is 0 Å². The molecule has 8 heteroatoms. The minimum absolute atomic E-state index is 0.164. The smallest absolute Gasteiger partial charge is 0.189 e. The number of hydrogen-bond donors (Lipinski definition) is 1. The zero-order chi connectivity index (χ0) is 23.5. The van der Waals surface area contributed by atoms with Crippen LogP contribution in [0.2, 0.25) is 5.02 Å². The molecule has 2 aliphatic rings. The molecule has 0 fully saturated rings. The molecule has 1 aliphatic carbocycles. The fraction of sp³-hybridized carbons (Fsp3) is 0.440. The Kier molecular flexibility index (Phi) is 6.05. The second-order valence-corrected chi connectivity index (χ2v) is 11.1. The van der Waals surface area contributed by atoms with E-state index in [9.17, 15) is 0 Å². The highest BCUT2D eigenvalue weighted by atomic mass is 79.9. The van der Waals surface area contributed by atoms with Crippen molar-refractivity contribution in [2.24, 2.45) is 0 Å². The summed E-state index contributed by atoms with van der Waals surface area (Å²) >= 11 is 12.7. The number of rotatable bonds is 3. The maximum absolute atomic E-state index is 6.99. The van der Waals surface area contributed by atoms with Gasteiger partial charge in [-0.15, -0.1) is 0 Å². The van der Waals surface area contributed by atoms with Crippen molar-refractivity contribution in [3.05, 3.63) is 61.5 Å². The molecule has 3 aromatic rings. The first-order chi connectivity index (χ1) is 15.8. The molecule has 0 saturated carbocycles. The third-order valence-electron chi connectivity index (χ3n) is 7.37. The Balaban J connectivity index is 1.75. The van der Waals surface area contributed by atoms with Gasteiger partial charge in [0.25, 0.3) is 0 Å². The van der Waals surface area contributed by atoms with Crippen LogP contribution in [0, 0.1) is 13.8 Å². The molecular weight excluding hydrogens is 518 g/mol. The number of fused-ring (bicyclic) bond motifs is 3. The van der Waals surface area contributed by atoms with Crippen LogP contribution in [0.4, 0.5) is 5.82 Å². The van der Waals surface area contributed by atoms with Crippen LogP contribution < -0.4 is 5.32 Å². The number of nitrogens with one attached hydrogen (secondary N) is 1. The van der Waals surface area contributed by atoms with Crippen LogP contribution in [0.1, 0.15) is 46.6 Å². The van der Waals surface area contributed by atoms with Crippen LogP contribution >= 0.6 is 39.3 Å². The second kappa shape index (κ2) is 8.59. The van der Waals surface area contributed by atoms with Gasteiger partial charge in [-0.1, -0.05) is 23.4 Å². The molecule has 174 valence electrons. The number of aromatic nitrogens is 3. The Labute approximate surface area is 213 Å². The molecule has 0 bridgehead atoms. The van der Waals surface area contributed by atoms with Crippen LogP contribution in [0.3, 0.4) is 0 Å². The number of thioether (sulfide) groups is 1. The molecule has 1 atom stereocenters. The standard InChI is InChI=1S/C25H29BrClN5S/c1-14-8-9-15(2)32(14)20-11-18(27)16-7-6-10-25(21(16)22(20)26)12-19-17(13-31(25)4)23(28-3)30-24(29-19)33-5/h8-9,11H,6-7,10,12-13H2,1-5H3,(H,28,29,30). The zero-order valence-electron chi connectivity index (χ0n) is 19.7. The van der Waals surface area contributed by atoms with E-state index in [0.717, 1.165) is 64.1 Å². The van der Waals surface area contributed by atoms with Crippen molar-refractivity contribution < 1.29 is 0 Å². The predicted molar refractivity (Wildman–Crippen MR) is 141 cm³/mol. The number of anilines is 1. The molecule has 5 nitrogen and oxygen atoms in total. The van der Waals surface area contributed by atoms with Gasteiger partial charge in [0.15, 0.2) is 5.16 Å². The van der Waals surface area contributed by atoms with Crippen LogP contribution in [-0.4, -0.2) is 39.8 Å². The Bertz CT molecular complexity index is 1240. The maximum atomic E-state index is 6.99. The van der Waals surface area contributed by atoms with Gasteiger partial charge in [0, 0.05) is 46.5 Å². The fourth-order valence-electron chi connectivity index (χ4n) is 5.75. The van der Waals surface area contributed by atoms with E-state index >= 15 is 0 Å². The summed E-state index contributed by atoms with van der Waals surface area (Å²) in [6.07, 6.45) is 6.07. The number of likely N-dealkylation sites (N-methyl/N-ethyl adjacent to an activating group) is 1. The van der Waals surface area contributed by atoms with Gasteiger partial charge in [-0.25, -0.2) is 9.97 Å². The number of aryl methyl sites for hydroxylation is 2. The number of nitrogens with zero attached hydrogens (tertiary/aromatic N) is 4. The molecule has 1 N–H and O–H groups in total. The molecule has 1 unspecified atom stereocenters. The fourth-order valence-corrected chi connectivity index (χ4v) is 7.33. The predicted octanol–water partition coefficient (Wildman–Crippen LogP) is 6.28. The van der Waals surface area contributed by atoms with Gasteiger partial charge in [0.05, 0.1) is 16.9 Å². The highest BCUT2D eigenvalue weighted by Crippen LogP contribution is 2.52. The Morgan fingerprint density at radius 3 is 2.58 bits per heavy atom. The lowest BCUT2D eigenvalue weighted by Crippen LogP contribution is -2.51. The highest BCUT2D eigenvalue weighted by molar-refractivity contribution is 9.10. The summed E-state index contributed by atoms with van der Waals surface area (Å²) in [5, 5.41) is 4.97. The first-order valence-electron chi connectivity index (χ1n) is 11.3. The molecule has 5 rings (SSSR count). The van der Waals surface area contributed by atoms with E-state index in [1.54, 1.807) is 11.8 Å². The molecule has 1 spiro atoms. The van der Waals surface area contributed by atoms with E-state index in [0.29, 0.717) is 0 Å². The number of benzene rings is 1. The van der Waals surface area contributed by atoms with Crippen LogP contribution in [0.15, 0.2) is 27.8 Å². The molecule has 0 radical (unpaired) electrons. The monoisotopic (exact) mass is 545 g/mol. The first kappa shape index (κ1) is 23.2. The van der Waals surface area contributed by atoms with Gasteiger partial charge in [-0.05, 0) is 91.7 Å². The van der Waals surface area contributed by atoms with Crippen LogP contribution in [0.5, 0.6) is 0 Å². The SMILES string of the molecule is CNc1nc(SC)nc2c1CN(C)C1(CCCc3c(Cl)cc(-n4c(C)ccc4C)c(Br)c31)C2. The average molecular weight is 547 g/mol. The van der Waals surface area contributed by atoms with Gasteiger partial charge in [-0.3, -0.25) is 4.90 Å². The maximum Gasteiger partial charge on any atom is 0.189 e. The van der Waals surface area contributed by atoms with E-state index < -0.39 is 0 Å². The Hall–Kier alpha value is -1.54. The summed E-state index contributed by atoms with van der Waals surface area (Å²) in [6.45, 7) is 5.09. The third-order valence-corrected chi connectivity index (χ3v) is 9.06. The van der Waals surface area contributed by atoms with E-state index in [2.05, 4.69) is 69.8 Å². The summed E-state index contributed by atoms with van der Waals surface area (Å²) in [7, 11) is 4.18. The molecule has 3 heterocycles.